The molecule has 1 atom stereocenters. The number of para-hydroxylation sites is 2. The summed E-state index contributed by atoms with van der Waals surface area (Å²) in [6.45, 7) is 4.55. The van der Waals surface area contributed by atoms with Gasteiger partial charge in [-0.2, -0.15) is 4.98 Å². The van der Waals surface area contributed by atoms with Crippen molar-refractivity contribution < 1.29 is 4.42 Å². The second-order valence-corrected chi connectivity index (χ2v) is 9.40. The molecule has 0 bridgehead atoms. The van der Waals surface area contributed by atoms with Gasteiger partial charge in [-0.1, -0.05) is 30.8 Å². The maximum absolute atomic E-state index is 12.8. The Morgan fingerprint density at radius 1 is 1.16 bits per heavy atom. The molecule has 5 rings (SSSR count). The first-order valence-corrected chi connectivity index (χ1v) is 11.9. The number of rotatable bonds is 6. The monoisotopic (exact) mass is 454 g/mol. The van der Waals surface area contributed by atoms with E-state index in [0.29, 0.717) is 22.9 Å². The van der Waals surface area contributed by atoms with Crippen molar-refractivity contribution in [2.45, 2.75) is 38.0 Å². The van der Waals surface area contributed by atoms with Gasteiger partial charge >= 0.3 is 5.69 Å². The third-order valence-electron chi connectivity index (χ3n) is 5.89. The summed E-state index contributed by atoms with van der Waals surface area (Å²) < 4.78 is 9.22. The number of thioether (sulfide) groups is 1. The zero-order valence-electron chi connectivity index (χ0n) is 18.2. The molecule has 0 aliphatic carbocycles. The molecule has 0 radical (unpaired) electrons. The van der Waals surface area contributed by atoms with E-state index in [2.05, 4.69) is 21.8 Å². The van der Waals surface area contributed by atoms with Gasteiger partial charge in [-0.15, -0.1) is 0 Å². The van der Waals surface area contributed by atoms with Crippen LogP contribution >= 0.6 is 11.8 Å². The van der Waals surface area contributed by atoms with Crippen LogP contribution in [0.4, 0.5) is 5.95 Å². The molecule has 1 saturated heterocycles. The lowest BCUT2D eigenvalue weighted by Crippen LogP contribution is -2.33. The topological polar surface area (TPSA) is 102 Å². The molecule has 0 amide bonds. The third kappa shape index (κ3) is 3.83. The van der Waals surface area contributed by atoms with Crippen molar-refractivity contribution in [2.24, 2.45) is 13.0 Å². The van der Waals surface area contributed by atoms with E-state index in [1.54, 1.807) is 18.8 Å². The van der Waals surface area contributed by atoms with E-state index < -0.39 is 11.2 Å². The summed E-state index contributed by atoms with van der Waals surface area (Å²) in [6, 6.07) is 7.72. The minimum atomic E-state index is -0.447. The van der Waals surface area contributed by atoms with Crippen LogP contribution in [-0.4, -0.2) is 42.9 Å². The summed E-state index contributed by atoms with van der Waals surface area (Å²) in [6.07, 6.45) is 3.40. The van der Waals surface area contributed by atoms with Crippen LogP contribution in [0.1, 0.15) is 26.2 Å². The third-order valence-corrected chi connectivity index (χ3v) is 7.04. The molecule has 1 fully saturated rings. The first-order chi connectivity index (χ1) is 15.5. The highest BCUT2D eigenvalue weighted by Crippen LogP contribution is 2.28. The number of nitrogens with zero attached hydrogens (tertiary/aromatic N) is 5. The Bertz CT molecular complexity index is 1350. The molecule has 9 nitrogen and oxygen atoms in total. The lowest BCUT2D eigenvalue weighted by Gasteiger charge is -2.28. The van der Waals surface area contributed by atoms with Gasteiger partial charge in [-0.25, -0.2) is 9.78 Å². The smallest absolute Gasteiger partial charge is 0.329 e. The molecular formula is C22H26N6O3S. The van der Waals surface area contributed by atoms with Crippen LogP contribution in [0.2, 0.25) is 0 Å². The fourth-order valence-corrected chi connectivity index (χ4v) is 5.07. The van der Waals surface area contributed by atoms with E-state index in [9.17, 15) is 9.59 Å². The Morgan fingerprint density at radius 3 is 2.72 bits per heavy atom. The summed E-state index contributed by atoms with van der Waals surface area (Å²) in [5.41, 5.74) is 1.67. The average molecular weight is 455 g/mol. The van der Waals surface area contributed by atoms with E-state index >= 15 is 0 Å². The summed E-state index contributed by atoms with van der Waals surface area (Å²) in [5.74, 6) is 1.76. The number of hydrogen-bond acceptors (Lipinski definition) is 7. The SMILES string of the molecule is CC(CSc1nc2ccccc2o1)Cn1c(N2CCCCC2)nc2c1c(=O)[nH]c(=O)n2C. The molecule has 1 unspecified atom stereocenters. The van der Waals surface area contributed by atoms with Gasteiger partial charge in [0.1, 0.15) is 5.52 Å². The highest BCUT2D eigenvalue weighted by molar-refractivity contribution is 7.99. The lowest BCUT2D eigenvalue weighted by atomic mass is 10.1. The molecule has 0 spiro atoms. The molecule has 3 aromatic heterocycles. The first-order valence-electron chi connectivity index (χ1n) is 10.9. The summed E-state index contributed by atoms with van der Waals surface area (Å²) in [7, 11) is 1.64. The number of aromatic nitrogens is 5. The molecule has 0 saturated carbocycles. The van der Waals surface area contributed by atoms with Crippen molar-refractivity contribution in [3.8, 4) is 0 Å². The highest BCUT2D eigenvalue weighted by Gasteiger charge is 2.24. The van der Waals surface area contributed by atoms with Crippen LogP contribution in [-0.2, 0) is 13.6 Å². The second kappa shape index (κ2) is 8.50. The van der Waals surface area contributed by atoms with Crippen LogP contribution in [0.5, 0.6) is 0 Å². The predicted octanol–water partition coefficient (Wildman–Crippen LogP) is 2.98. The van der Waals surface area contributed by atoms with Gasteiger partial charge in [0.05, 0.1) is 0 Å². The number of fused-ring (bicyclic) bond motifs is 2. The Labute approximate surface area is 188 Å². The summed E-state index contributed by atoms with van der Waals surface area (Å²) in [5, 5.41) is 0.644. The van der Waals surface area contributed by atoms with Crippen LogP contribution in [0, 0.1) is 5.92 Å². The van der Waals surface area contributed by atoms with E-state index in [4.69, 9.17) is 9.40 Å². The van der Waals surface area contributed by atoms with Crippen LogP contribution in [0.15, 0.2) is 43.5 Å². The van der Waals surface area contributed by atoms with Crippen molar-refractivity contribution in [2.75, 3.05) is 23.7 Å². The summed E-state index contributed by atoms with van der Waals surface area (Å²) >= 11 is 1.57. The fraction of sp³-hybridized carbons (Fsp3) is 0.455. The molecule has 1 aliphatic rings. The van der Waals surface area contributed by atoms with Gasteiger partial charge in [-0.3, -0.25) is 14.3 Å². The Balaban J connectivity index is 1.44. The number of benzene rings is 1. The number of H-pyrrole nitrogens is 1. The number of oxazole rings is 1. The Hall–Kier alpha value is -3.01. The number of aromatic amines is 1. The normalized spacial score (nSPS) is 15.6. The Kier molecular flexibility index (Phi) is 5.54. The van der Waals surface area contributed by atoms with Gasteiger partial charge in [0.15, 0.2) is 16.7 Å². The maximum Gasteiger partial charge on any atom is 0.329 e. The van der Waals surface area contributed by atoms with E-state index in [1.807, 2.05) is 28.8 Å². The number of imidazole rings is 1. The minimum absolute atomic E-state index is 0.215. The fourth-order valence-electron chi connectivity index (χ4n) is 4.22. The molecule has 1 aliphatic heterocycles. The predicted molar refractivity (Wildman–Crippen MR) is 126 cm³/mol. The van der Waals surface area contributed by atoms with Gasteiger partial charge in [-0.05, 0) is 37.3 Å². The van der Waals surface area contributed by atoms with Crippen LogP contribution < -0.4 is 16.1 Å². The van der Waals surface area contributed by atoms with Gasteiger partial charge in [0, 0.05) is 32.4 Å². The average Bonchev–Trinajstić information content (AvgIpc) is 3.38. The Morgan fingerprint density at radius 2 is 1.94 bits per heavy atom. The van der Waals surface area contributed by atoms with Gasteiger partial charge in [0.2, 0.25) is 5.95 Å². The molecular weight excluding hydrogens is 428 g/mol. The number of aryl methyl sites for hydroxylation is 1. The van der Waals surface area contributed by atoms with Crippen molar-refractivity contribution in [1.82, 2.24) is 24.1 Å². The van der Waals surface area contributed by atoms with Crippen molar-refractivity contribution in [3.63, 3.8) is 0 Å². The highest BCUT2D eigenvalue weighted by atomic mass is 32.2. The molecule has 32 heavy (non-hydrogen) atoms. The summed E-state index contributed by atoms with van der Waals surface area (Å²) in [4.78, 5) is 38.8. The minimum Gasteiger partial charge on any atom is -0.431 e. The van der Waals surface area contributed by atoms with E-state index in [0.717, 1.165) is 48.7 Å². The zero-order valence-corrected chi connectivity index (χ0v) is 19.0. The number of hydrogen-bond donors (Lipinski definition) is 1. The van der Waals surface area contributed by atoms with Crippen LogP contribution in [0.25, 0.3) is 22.3 Å². The van der Waals surface area contributed by atoms with Gasteiger partial charge in [0.25, 0.3) is 10.8 Å². The molecule has 1 N–H and O–H groups in total. The zero-order chi connectivity index (χ0) is 22.2. The molecule has 4 heterocycles. The standard InChI is InChI=1S/C22H26N6O3S/c1-14(13-32-22-23-15-8-4-5-9-16(15)31-22)12-28-17-18(26(2)21(30)25-19(17)29)24-20(28)27-10-6-3-7-11-27/h4-5,8-9,14H,3,6-7,10-13H2,1-2H3,(H,25,29,30). The van der Waals surface area contributed by atoms with Crippen molar-refractivity contribution in [1.29, 1.82) is 0 Å². The largest absolute Gasteiger partial charge is 0.431 e. The number of anilines is 1. The van der Waals surface area contributed by atoms with Crippen LogP contribution in [0.3, 0.4) is 0 Å². The number of nitrogens with one attached hydrogen (secondary N) is 1. The van der Waals surface area contributed by atoms with Gasteiger partial charge < -0.3 is 13.9 Å². The molecule has 168 valence electrons. The van der Waals surface area contributed by atoms with E-state index in [1.165, 1.54) is 11.0 Å². The molecule has 10 heteroatoms. The lowest BCUT2D eigenvalue weighted by molar-refractivity contribution is 0.484. The first kappa shape index (κ1) is 20.9. The quantitative estimate of drug-likeness (QED) is 0.447. The second-order valence-electron chi connectivity index (χ2n) is 8.42. The van der Waals surface area contributed by atoms with Crippen molar-refractivity contribution in [3.05, 3.63) is 45.1 Å². The maximum atomic E-state index is 12.8. The van der Waals surface area contributed by atoms with E-state index in [-0.39, 0.29) is 5.92 Å². The molecule has 1 aromatic carbocycles. The molecule has 4 aromatic rings. The van der Waals surface area contributed by atoms with Crippen molar-refractivity contribution >= 4 is 40.0 Å². The number of piperidine rings is 1.